The number of esters is 1. The van der Waals surface area contributed by atoms with E-state index < -0.39 is 5.60 Å². The van der Waals surface area contributed by atoms with Crippen LogP contribution in [0.25, 0.3) is 0 Å². The van der Waals surface area contributed by atoms with E-state index in [0.717, 1.165) is 5.69 Å². The average Bonchev–Trinajstić information content (AvgIpc) is 2.12. The van der Waals surface area contributed by atoms with Crippen LogP contribution in [0.15, 0.2) is 18.2 Å². The number of aryl methyl sites for hydroxylation is 2. The van der Waals surface area contributed by atoms with Gasteiger partial charge in [0.25, 0.3) is 0 Å². The molecule has 3 heteroatoms. The van der Waals surface area contributed by atoms with Crippen LogP contribution >= 0.6 is 0 Å². The summed E-state index contributed by atoms with van der Waals surface area (Å²) in [6.07, 6.45) is 0. The third kappa shape index (κ3) is 4.78. The SMILES string of the molecule is Cc1cc(C)cc(NC(C)C(=O)OC(C)(C)C)c1. The van der Waals surface area contributed by atoms with Gasteiger partial charge in [-0.25, -0.2) is 4.79 Å². The Bertz CT molecular complexity index is 412. The molecule has 1 aromatic carbocycles. The molecule has 0 heterocycles. The van der Waals surface area contributed by atoms with Crippen LogP contribution < -0.4 is 5.32 Å². The molecule has 1 unspecified atom stereocenters. The van der Waals surface area contributed by atoms with Gasteiger partial charge in [-0.2, -0.15) is 0 Å². The van der Waals surface area contributed by atoms with Gasteiger partial charge in [0.2, 0.25) is 0 Å². The summed E-state index contributed by atoms with van der Waals surface area (Å²) in [5.74, 6) is -0.235. The normalized spacial score (nSPS) is 13.0. The highest BCUT2D eigenvalue weighted by Crippen LogP contribution is 2.16. The second-order valence-electron chi connectivity index (χ2n) is 5.78. The van der Waals surface area contributed by atoms with Gasteiger partial charge >= 0.3 is 5.97 Å². The van der Waals surface area contributed by atoms with Crippen molar-refractivity contribution in [2.75, 3.05) is 5.32 Å². The molecular formula is C15H23NO2. The Labute approximate surface area is 110 Å². The van der Waals surface area contributed by atoms with E-state index in [1.54, 1.807) is 0 Å². The Morgan fingerprint density at radius 1 is 1.17 bits per heavy atom. The van der Waals surface area contributed by atoms with Crippen molar-refractivity contribution in [2.24, 2.45) is 0 Å². The molecule has 0 aliphatic heterocycles. The van der Waals surface area contributed by atoms with E-state index in [4.69, 9.17) is 4.74 Å². The van der Waals surface area contributed by atoms with Crippen LogP contribution in [-0.4, -0.2) is 17.6 Å². The molecule has 0 aromatic heterocycles. The first-order valence-electron chi connectivity index (χ1n) is 6.25. The Balaban J connectivity index is 2.69. The third-order valence-corrected chi connectivity index (χ3v) is 2.37. The number of anilines is 1. The molecule has 0 radical (unpaired) electrons. The van der Waals surface area contributed by atoms with Gasteiger partial charge in [0, 0.05) is 5.69 Å². The maximum absolute atomic E-state index is 11.8. The summed E-state index contributed by atoms with van der Waals surface area (Å²) in [6, 6.07) is 5.79. The van der Waals surface area contributed by atoms with Crippen molar-refractivity contribution in [2.45, 2.75) is 53.2 Å². The first-order valence-corrected chi connectivity index (χ1v) is 6.25. The van der Waals surface area contributed by atoms with Crippen molar-refractivity contribution in [1.82, 2.24) is 0 Å². The molecule has 1 rings (SSSR count). The molecule has 0 amide bonds. The van der Waals surface area contributed by atoms with Crippen LogP contribution in [0.4, 0.5) is 5.69 Å². The monoisotopic (exact) mass is 249 g/mol. The molecule has 0 spiro atoms. The predicted octanol–water partition coefficient (Wildman–Crippen LogP) is 3.45. The molecule has 18 heavy (non-hydrogen) atoms. The summed E-state index contributed by atoms with van der Waals surface area (Å²) in [5, 5.41) is 3.17. The highest BCUT2D eigenvalue weighted by molar-refractivity contribution is 5.79. The predicted molar refractivity (Wildman–Crippen MR) is 74.8 cm³/mol. The third-order valence-electron chi connectivity index (χ3n) is 2.37. The van der Waals surface area contributed by atoms with Crippen molar-refractivity contribution in [3.05, 3.63) is 29.3 Å². The van der Waals surface area contributed by atoms with Crippen molar-refractivity contribution < 1.29 is 9.53 Å². The van der Waals surface area contributed by atoms with Crippen LogP contribution in [0.5, 0.6) is 0 Å². The minimum atomic E-state index is -0.449. The zero-order valence-electron chi connectivity index (χ0n) is 12.1. The molecule has 1 atom stereocenters. The first kappa shape index (κ1) is 14.6. The van der Waals surface area contributed by atoms with E-state index in [-0.39, 0.29) is 12.0 Å². The number of carbonyl (C=O) groups excluding carboxylic acids is 1. The summed E-state index contributed by atoms with van der Waals surface area (Å²) >= 11 is 0. The fourth-order valence-electron chi connectivity index (χ4n) is 1.76. The van der Waals surface area contributed by atoms with Crippen LogP contribution in [-0.2, 0) is 9.53 Å². The summed E-state index contributed by atoms with van der Waals surface area (Å²) in [6.45, 7) is 11.5. The molecule has 0 aliphatic rings. The van der Waals surface area contributed by atoms with E-state index in [1.807, 2.05) is 53.7 Å². The fourth-order valence-corrected chi connectivity index (χ4v) is 1.76. The number of rotatable bonds is 3. The first-order chi connectivity index (χ1) is 8.17. The molecule has 0 fully saturated rings. The number of hydrogen-bond donors (Lipinski definition) is 1. The van der Waals surface area contributed by atoms with E-state index in [2.05, 4.69) is 11.4 Å². The van der Waals surface area contributed by atoms with E-state index >= 15 is 0 Å². The van der Waals surface area contributed by atoms with Crippen LogP contribution in [0, 0.1) is 13.8 Å². The van der Waals surface area contributed by atoms with E-state index in [1.165, 1.54) is 11.1 Å². The van der Waals surface area contributed by atoms with Gasteiger partial charge in [-0.15, -0.1) is 0 Å². The standard InChI is InChI=1S/C15H23NO2/c1-10-7-11(2)9-13(8-10)16-12(3)14(17)18-15(4,5)6/h7-9,12,16H,1-6H3. The van der Waals surface area contributed by atoms with Crippen molar-refractivity contribution in [3.8, 4) is 0 Å². The van der Waals surface area contributed by atoms with Gasteiger partial charge in [0.15, 0.2) is 0 Å². The van der Waals surface area contributed by atoms with Crippen molar-refractivity contribution >= 4 is 11.7 Å². The van der Waals surface area contributed by atoms with Gasteiger partial charge in [-0.05, 0) is 64.8 Å². The van der Waals surface area contributed by atoms with E-state index in [9.17, 15) is 4.79 Å². The topological polar surface area (TPSA) is 38.3 Å². The van der Waals surface area contributed by atoms with Crippen LogP contribution in [0.1, 0.15) is 38.8 Å². The maximum atomic E-state index is 11.8. The lowest BCUT2D eigenvalue weighted by atomic mass is 10.1. The van der Waals surface area contributed by atoms with Gasteiger partial charge in [-0.1, -0.05) is 6.07 Å². The fraction of sp³-hybridized carbons (Fsp3) is 0.533. The molecule has 1 aromatic rings. The summed E-state index contributed by atoms with van der Waals surface area (Å²) in [5.41, 5.74) is 2.85. The smallest absolute Gasteiger partial charge is 0.328 e. The quantitative estimate of drug-likeness (QED) is 0.834. The Morgan fingerprint density at radius 2 is 1.67 bits per heavy atom. The minimum absolute atomic E-state index is 0.235. The Kier molecular flexibility index (Phi) is 4.38. The lowest BCUT2D eigenvalue weighted by Crippen LogP contribution is -2.34. The highest BCUT2D eigenvalue weighted by Gasteiger charge is 2.21. The second-order valence-corrected chi connectivity index (χ2v) is 5.78. The molecule has 0 saturated heterocycles. The van der Waals surface area contributed by atoms with Gasteiger partial charge in [0.05, 0.1) is 0 Å². The molecule has 3 nitrogen and oxygen atoms in total. The van der Waals surface area contributed by atoms with Gasteiger partial charge in [0.1, 0.15) is 11.6 Å². The zero-order chi connectivity index (χ0) is 13.9. The molecule has 0 saturated carbocycles. The number of hydrogen-bond acceptors (Lipinski definition) is 3. The molecule has 0 bridgehead atoms. The van der Waals surface area contributed by atoms with Gasteiger partial charge in [-0.3, -0.25) is 0 Å². The molecule has 1 N–H and O–H groups in total. The Morgan fingerprint density at radius 3 is 2.11 bits per heavy atom. The van der Waals surface area contributed by atoms with Gasteiger partial charge < -0.3 is 10.1 Å². The lowest BCUT2D eigenvalue weighted by molar-refractivity contribution is -0.155. The number of ether oxygens (including phenoxy) is 1. The number of benzene rings is 1. The van der Waals surface area contributed by atoms with Crippen molar-refractivity contribution in [1.29, 1.82) is 0 Å². The molecular weight excluding hydrogens is 226 g/mol. The van der Waals surface area contributed by atoms with E-state index in [0.29, 0.717) is 0 Å². The van der Waals surface area contributed by atoms with Crippen LogP contribution in [0.3, 0.4) is 0 Å². The Hall–Kier alpha value is -1.51. The highest BCUT2D eigenvalue weighted by atomic mass is 16.6. The van der Waals surface area contributed by atoms with Crippen molar-refractivity contribution in [3.63, 3.8) is 0 Å². The molecule has 100 valence electrons. The average molecular weight is 249 g/mol. The minimum Gasteiger partial charge on any atom is -0.458 e. The zero-order valence-corrected chi connectivity index (χ0v) is 12.1. The lowest BCUT2D eigenvalue weighted by Gasteiger charge is -2.23. The maximum Gasteiger partial charge on any atom is 0.328 e. The summed E-state index contributed by atoms with van der Waals surface area (Å²) in [7, 11) is 0. The van der Waals surface area contributed by atoms with Crippen LogP contribution in [0.2, 0.25) is 0 Å². The molecule has 0 aliphatic carbocycles. The largest absolute Gasteiger partial charge is 0.458 e. The number of nitrogens with one attached hydrogen (secondary N) is 1. The summed E-state index contributed by atoms with van der Waals surface area (Å²) in [4.78, 5) is 11.8. The summed E-state index contributed by atoms with van der Waals surface area (Å²) < 4.78 is 5.33. The number of carbonyl (C=O) groups is 1. The second kappa shape index (κ2) is 5.42.